The number of halogens is 1. The Hall–Kier alpha value is -1.13. The molecule has 0 fully saturated rings. The van der Waals surface area contributed by atoms with E-state index in [9.17, 15) is 5.11 Å². The molecule has 5 heteroatoms. The number of nitrogens with two attached hydrogens (primary N) is 1. The molecule has 0 amide bonds. The van der Waals surface area contributed by atoms with Crippen LogP contribution in [0, 0.1) is 0 Å². The molecule has 0 heterocycles. The zero-order chi connectivity index (χ0) is 13.5. The van der Waals surface area contributed by atoms with Crippen LogP contribution >= 0.6 is 12.4 Å². The van der Waals surface area contributed by atoms with Gasteiger partial charge in [0.1, 0.15) is 0 Å². The van der Waals surface area contributed by atoms with Crippen LogP contribution in [0.5, 0.6) is 17.2 Å². The second-order valence-corrected chi connectivity index (χ2v) is 4.38. The van der Waals surface area contributed by atoms with Crippen molar-refractivity contribution in [3.05, 3.63) is 17.7 Å². The van der Waals surface area contributed by atoms with E-state index in [0.29, 0.717) is 11.5 Å². The standard InChI is InChI=1S/C14H23NO3.ClH/c1-4-5-6-7-11(15)10-8-12(17-2)14(16)13(9-10)18-3;/h8-9,11,16H,4-7,15H2,1-3H3;1H/t11-;/m0./s1. The first-order chi connectivity index (χ1) is 8.63. The zero-order valence-electron chi connectivity index (χ0n) is 11.8. The summed E-state index contributed by atoms with van der Waals surface area (Å²) in [6, 6.07) is 3.49. The third-order valence-corrected chi connectivity index (χ3v) is 3.05. The lowest BCUT2D eigenvalue weighted by Crippen LogP contribution is -2.10. The van der Waals surface area contributed by atoms with E-state index in [0.717, 1.165) is 18.4 Å². The van der Waals surface area contributed by atoms with Crippen molar-refractivity contribution in [3.63, 3.8) is 0 Å². The molecular formula is C14H24ClNO3. The molecule has 0 aliphatic heterocycles. The van der Waals surface area contributed by atoms with Crippen molar-refractivity contribution < 1.29 is 14.6 Å². The molecule has 3 N–H and O–H groups in total. The quantitative estimate of drug-likeness (QED) is 0.755. The summed E-state index contributed by atoms with van der Waals surface area (Å²) in [6.07, 6.45) is 4.38. The first-order valence-corrected chi connectivity index (χ1v) is 6.34. The molecule has 0 spiro atoms. The number of unbranched alkanes of at least 4 members (excludes halogenated alkanes) is 2. The lowest BCUT2D eigenvalue weighted by atomic mass is 10.0. The maximum atomic E-state index is 9.82. The number of ether oxygens (including phenoxy) is 2. The van der Waals surface area contributed by atoms with Crippen LogP contribution in [-0.4, -0.2) is 19.3 Å². The fourth-order valence-electron chi connectivity index (χ4n) is 1.91. The predicted molar refractivity (Wildman–Crippen MR) is 79.5 cm³/mol. The molecule has 0 saturated carbocycles. The van der Waals surface area contributed by atoms with E-state index in [1.165, 1.54) is 27.1 Å². The maximum absolute atomic E-state index is 9.82. The molecule has 0 aliphatic carbocycles. The Labute approximate surface area is 121 Å². The van der Waals surface area contributed by atoms with E-state index >= 15 is 0 Å². The summed E-state index contributed by atoms with van der Waals surface area (Å²) in [5.41, 5.74) is 7.07. The Morgan fingerprint density at radius 1 is 1.16 bits per heavy atom. The van der Waals surface area contributed by atoms with Crippen molar-refractivity contribution in [2.45, 2.75) is 38.6 Å². The average molecular weight is 290 g/mol. The van der Waals surface area contributed by atoms with Gasteiger partial charge in [-0.05, 0) is 24.1 Å². The monoisotopic (exact) mass is 289 g/mol. The minimum atomic E-state index is -0.0556. The number of benzene rings is 1. The lowest BCUT2D eigenvalue weighted by molar-refractivity contribution is 0.338. The number of phenols is 1. The Bertz CT molecular complexity index is 360. The molecule has 1 rings (SSSR count). The topological polar surface area (TPSA) is 64.7 Å². The lowest BCUT2D eigenvalue weighted by Gasteiger charge is -2.16. The van der Waals surface area contributed by atoms with Crippen LogP contribution in [0.25, 0.3) is 0 Å². The summed E-state index contributed by atoms with van der Waals surface area (Å²) < 4.78 is 10.2. The molecular weight excluding hydrogens is 266 g/mol. The smallest absolute Gasteiger partial charge is 0.200 e. The van der Waals surface area contributed by atoms with E-state index in [1.807, 2.05) is 0 Å². The number of rotatable bonds is 7. The first-order valence-electron chi connectivity index (χ1n) is 6.34. The van der Waals surface area contributed by atoms with Gasteiger partial charge < -0.3 is 20.3 Å². The molecule has 0 aromatic heterocycles. The van der Waals surface area contributed by atoms with Crippen molar-refractivity contribution in [1.82, 2.24) is 0 Å². The zero-order valence-corrected chi connectivity index (χ0v) is 12.6. The van der Waals surface area contributed by atoms with Gasteiger partial charge in [0.2, 0.25) is 5.75 Å². The van der Waals surface area contributed by atoms with Crippen molar-refractivity contribution in [2.24, 2.45) is 5.73 Å². The minimum absolute atomic E-state index is 0. The fraction of sp³-hybridized carbons (Fsp3) is 0.571. The highest BCUT2D eigenvalue weighted by Crippen LogP contribution is 2.38. The van der Waals surface area contributed by atoms with Crippen molar-refractivity contribution in [2.75, 3.05) is 14.2 Å². The molecule has 0 radical (unpaired) electrons. The third kappa shape index (κ3) is 4.80. The first kappa shape index (κ1) is 17.9. The van der Waals surface area contributed by atoms with Crippen LogP contribution in [0.1, 0.15) is 44.2 Å². The molecule has 110 valence electrons. The highest BCUT2D eigenvalue weighted by atomic mass is 35.5. The summed E-state index contributed by atoms with van der Waals surface area (Å²) in [7, 11) is 3.03. The maximum Gasteiger partial charge on any atom is 0.200 e. The van der Waals surface area contributed by atoms with Gasteiger partial charge in [-0.25, -0.2) is 0 Å². The fourth-order valence-corrected chi connectivity index (χ4v) is 1.91. The molecule has 1 atom stereocenters. The molecule has 0 unspecified atom stereocenters. The summed E-state index contributed by atoms with van der Waals surface area (Å²) >= 11 is 0. The van der Waals surface area contributed by atoms with Crippen LogP contribution in [-0.2, 0) is 0 Å². The van der Waals surface area contributed by atoms with Crippen molar-refractivity contribution in [1.29, 1.82) is 0 Å². The van der Waals surface area contributed by atoms with Gasteiger partial charge in [0.05, 0.1) is 14.2 Å². The van der Waals surface area contributed by atoms with E-state index in [-0.39, 0.29) is 24.2 Å². The summed E-state index contributed by atoms with van der Waals surface area (Å²) in [5, 5.41) is 9.82. The van der Waals surface area contributed by atoms with E-state index in [2.05, 4.69) is 6.92 Å². The minimum Gasteiger partial charge on any atom is -0.502 e. The van der Waals surface area contributed by atoms with Gasteiger partial charge in [-0.2, -0.15) is 0 Å². The number of phenolic OH excluding ortho intramolecular Hbond substituents is 1. The molecule has 0 aliphatic rings. The van der Waals surface area contributed by atoms with Crippen molar-refractivity contribution in [3.8, 4) is 17.2 Å². The molecule has 1 aromatic carbocycles. The second kappa shape index (κ2) is 8.88. The average Bonchev–Trinajstić information content (AvgIpc) is 2.39. The summed E-state index contributed by atoms with van der Waals surface area (Å²) in [4.78, 5) is 0. The van der Waals surface area contributed by atoms with Crippen LogP contribution < -0.4 is 15.2 Å². The van der Waals surface area contributed by atoms with Gasteiger partial charge in [-0.15, -0.1) is 12.4 Å². The molecule has 19 heavy (non-hydrogen) atoms. The summed E-state index contributed by atoms with van der Waals surface area (Å²) in [6.45, 7) is 2.16. The number of methoxy groups -OCH3 is 2. The van der Waals surface area contributed by atoms with E-state index in [1.54, 1.807) is 12.1 Å². The van der Waals surface area contributed by atoms with Crippen LogP contribution in [0.15, 0.2) is 12.1 Å². The Balaban J connectivity index is 0.00000324. The van der Waals surface area contributed by atoms with Crippen molar-refractivity contribution >= 4 is 12.4 Å². The van der Waals surface area contributed by atoms with Gasteiger partial charge in [0.15, 0.2) is 11.5 Å². The predicted octanol–water partition coefficient (Wildman–Crippen LogP) is 3.41. The van der Waals surface area contributed by atoms with Crippen LogP contribution in [0.2, 0.25) is 0 Å². The SMILES string of the molecule is CCCCC[C@H](N)c1cc(OC)c(O)c(OC)c1.Cl. The highest BCUT2D eigenvalue weighted by molar-refractivity contribution is 5.85. The molecule has 1 aromatic rings. The molecule has 4 nitrogen and oxygen atoms in total. The molecule has 0 saturated heterocycles. The van der Waals surface area contributed by atoms with E-state index < -0.39 is 0 Å². The number of aromatic hydroxyl groups is 1. The van der Waals surface area contributed by atoms with Crippen LogP contribution in [0.4, 0.5) is 0 Å². The van der Waals surface area contributed by atoms with Gasteiger partial charge in [0.25, 0.3) is 0 Å². The normalized spacial score (nSPS) is 11.6. The molecule has 0 bridgehead atoms. The van der Waals surface area contributed by atoms with Gasteiger partial charge in [0, 0.05) is 6.04 Å². The second-order valence-electron chi connectivity index (χ2n) is 4.38. The third-order valence-electron chi connectivity index (χ3n) is 3.05. The highest BCUT2D eigenvalue weighted by Gasteiger charge is 2.14. The van der Waals surface area contributed by atoms with Gasteiger partial charge in [-0.3, -0.25) is 0 Å². The van der Waals surface area contributed by atoms with E-state index in [4.69, 9.17) is 15.2 Å². The largest absolute Gasteiger partial charge is 0.502 e. The Morgan fingerprint density at radius 3 is 2.11 bits per heavy atom. The number of hydrogen-bond donors (Lipinski definition) is 2. The number of hydrogen-bond acceptors (Lipinski definition) is 4. The summed E-state index contributed by atoms with van der Waals surface area (Å²) in [5.74, 6) is 0.815. The Morgan fingerprint density at radius 2 is 1.68 bits per heavy atom. The Kier molecular flexibility index (Phi) is 8.35. The van der Waals surface area contributed by atoms with Crippen LogP contribution in [0.3, 0.4) is 0 Å². The van der Waals surface area contributed by atoms with Gasteiger partial charge >= 0.3 is 0 Å². The van der Waals surface area contributed by atoms with Gasteiger partial charge in [-0.1, -0.05) is 26.2 Å².